The van der Waals surface area contributed by atoms with Gasteiger partial charge >= 0.3 is 0 Å². The molecule has 0 atom stereocenters. The van der Waals surface area contributed by atoms with Gasteiger partial charge in [-0.2, -0.15) is 0 Å². The number of hydrogen-bond acceptors (Lipinski definition) is 4. The minimum Gasteiger partial charge on any atom is -0.368 e. The Hall–Kier alpha value is -3.09. The molecule has 1 saturated heterocycles. The first-order valence-corrected chi connectivity index (χ1v) is 11.6. The maximum absolute atomic E-state index is 13.3. The van der Waals surface area contributed by atoms with Crippen LogP contribution in [0.1, 0.15) is 0 Å². The molecule has 0 amide bonds. The molecule has 5 rings (SSSR count). The van der Waals surface area contributed by atoms with Gasteiger partial charge < -0.3 is 10.2 Å². The van der Waals surface area contributed by atoms with Crippen LogP contribution in [-0.2, 0) is 10.0 Å². The standard InChI is InChI=1S/C24H23N3O2S/c28-30(29,26-20-10-9-18-5-1-2-6-19(18)17-20)24-12-11-23(27-15-13-25-14-16-27)21-7-3-4-8-22(21)24/h1-12,17,25-26H,13-16H2. The molecule has 1 fully saturated rings. The van der Waals surface area contributed by atoms with Crippen LogP contribution in [0.2, 0.25) is 0 Å². The summed E-state index contributed by atoms with van der Waals surface area (Å²) in [6.45, 7) is 3.67. The lowest BCUT2D eigenvalue weighted by Crippen LogP contribution is -2.43. The Kier molecular flexibility index (Phi) is 4.81. The van der Waals surface area contributed by atoms with Crippen LogP contribution in [0.3, 0.4) is 0 Å². The number of sulfonamides is 1. The molecule has 0 aliphatic carbocycles. The van der Waals surface area contributed by atoms with E-state index in [0.29, 0.717) is 10.6 Å². The van der Waals surface area contributed by atoms with Crippen LogP contribution in [0, 0.1) is 0 Å². The topological polar surface area (TPSA) is 61.4 Å². The lowest BCUT2D eigenvalue weighted by molar-refractivity contribution is 0.590. The van der Waals surface area contributed by atoms with Gasteiger partial charge in [-0.25, -0.2) is 8.42 Å². The molecule has 6 heteroatoms. The van der Waals surface area contributed by atoms with Crippen molar-refractivity contribution in [3.05, 3.63) is 78.9 Å². The highest BCUT2D eigenvalue weighted by Gasteiger charge is 2.21. The van der Waals surface area contributed by atoms with E-state index >= 15 is 0 Å². The monoisotopic (exact) mass is 417 g/mol. The van der Waals surface area contributed by atoms with Gasteiger partial charge in [0.05, 0.1) is 4.90 Å². The summed E-state index contributed by atoms with van der Waals surface area (Å²) in [5.41, 5.74) is 1.64. The molecule has 4 aromatic rings. The van der Waals surface area contributed by atoms with Crippen LogP contribution in [-0.4, -0.2) is 34.6 Å². The molecule has 1 aliphatic heterocycles. The number of hydrogen-bond donors (Lipinski definition) is 2. The number of nitrogens with zero attached hydrogens (tertiary/aromatic N) is 1. The van der Waals surface area contributed by atoms with Crippen LogP contribution >= 0.6 is 0 Å². The summed E-state index contributed by atoms with van der Waals surface area (Å²) in [7, 11) is -3.74. The highest BCUT2D eigenvalue weighted by atomic mass is 32.2. The van der Waals surface area contributed by atoms with E-state index in [1.165, 1.54) is 0 Å². The molecule has 2 N–H and O–H groups in total. The zero-order valence-electron chi connectivity index (χ0n) is 16.5. The van der Waals surface area contributed by atoms with Gasteiger partial charge in [0, 0.05) is 48.3 Å². The van der Waals surface area contributed by atoms with Crippen molar-refractivity contribution in [3.8, 4) is 0 Å². The van der Waals surface area contributed by atoms with Gasteiger partial charge in [0.25, 0.3) is 10.0 Å². The summed E-state index contributed by atoms with van der Waals surface area (Å²) in [5, 5.41) is 7.13. The Labute approximate surface area is 176 Å². The first-order chi connectivity index (χ1) is 14.6. The van der Waals surface area contributed by atoms with Gasteiger partial charge in [0.1, 0.15) is 0 Å². The van der Waals surface area contributed by atoms with E-state index in [2.05, 4.69) is 14.9 Å². The van der Waals surface area contributed by atoms with Crippen molar-refractivity contribution in [2.24, 2.45) is 0 Å². The minimum atomic E-state index is -3.74. The smallest absolute Gasteiger partial charge is 0.262 e. The molecule has 0 bridgehead atoms. The maximum atomic E-state index is 13.3. The summed E-state index contributed by atoms with van der Waals surface area (Å²) in [5.74, 6) is 0. The van der Waals surface area contributed by atoms with Gasteiger partial charge in [-0.05, 0) is 35.0 Å². The Morgan fingerprint density at radius 3 is 2.27 bits per heavy atom. The van der Waals surface area contributed by atoms with E-state index in [9.17, 15) is 8.42 Å². The van der Waals surface area contributed by atoms with Gasteiger partial charge in [0.2, 0.25) is 0 Å². The minimum absolute atomic E-state index is 0.296. The number of nitrogens with one attached hydrogen (secondary N) is 2. The molecule has 5 nitrogen and oxygen atoms in total. The third kappa shape index (κ3) is 3.49. The number of benzene rings is 4. The van der Waals surface area contributed by atoms with Crippen molar-refractivity contribution in [1.29, 1.82) is 0 Å². The van der Waals surface area contributed by atoms with Crippen LogP contribution in [0.15, 0.2) is 83.8 Å². The normalized spacial score (nSPS) is 14.9. The molecule has 152 valence electrons. The highest BCUT2D eigenvalue weighted by molar-refractivity contribution is 7.93. The molecule has 0 aromatic heterocycles. The Morgan fingerprint density at radius 1 is 0.767 bits per heavy atom. The van der Waals surface area contributed by atoms with Crippen LogP contribution < -0.4 is 14.9 Å². The summed E-state index contributed by atoms with van der Waals surface area (Å²) < 4.78 is 29.4. The van der Waals surface area contributed by atoms with Crippen molar-refractivity contribution in [2.75, 3.05) is 35.8 Å². The van der Waals surface area contributed by atoms with Crippen molar-refractivity contribution in [3.63, 3.8) is 0 Å². The molecule has 1 aliphatic rings. The van der Waals surface area contributed by atoms with E-state index in [1.807, 2.05) is 66.7 Å². The van der Waals surface area contributed by atoms with E-state index < -0.39 is 10.0 Å². The third-order valence-electron chi connectivity index (χ3n) is 5.61. The predicted octanol–water partition coefficient (Wildman–Crippen LogP) is 4.20. The maximum Gasteiger partial charge on any atom is 0.262 e. The van der Waals surface area contributed by atoms with E-state index in [4.69, 9.17) is 0 Å². The van der Waals surface area contributed by atoms with E-state index in [1.54, 1.807) is 12.1 Å². The van der Waals surface area contributed by atoms with Gasteiger partial charge in [-0.3, -0.25) is 4.72 Å². The van der Waals surface area contributed by atoms with Crippen molar-refractivity contribution in [2.45, 2.75) is 4.90 Å². The fourth-order valence-electron chi connectivity index (χ4n) is 4.13. The highest BCUT2D eigenvalue weighted by Crippen LogP contribution is 2.33. The largest absolute Gasteiger partial charge is 0.368 e. The van der Waals surface area contributed by atoms with Gasteiger partial charge in [-0.15, -0.1) is 0 Å². The summed E-state index contributed by atoms with van der Waals surface area (Å²) in [6, 6.07) is 24.9. The zero-order valence-corrected chi connectivity index (χ0v) is 17.3. The van der Waals surface area contributed by atoms with E-state index in [0.717, 1.165) is 53.4 Å². The lowest BCUT2D eigenvalue weighted by Gasteiger charge is -2.30. The molecule has 4 aromatic carbocycles. The Balaban J connectivity index is 1.55. The molecule has 0 unspecified atom stereocenters. The van der Waals surface area contributed by atoms with Crippen LogP contribution in [0.5, 0.6) is 0 Å². The fraction of sp³-hybridized carbons (Fsp3) is 0.167. The Bertz CT molecular complexity index is 1330. The van der Waals surface area contributed by atoms with Crippen molar-refractivity contribution >= 4 is 42.9 Å². The summed E-state index contributed by atoms with van der Waals surface area (Å²) in [4.78, 5) is 2.61. The van der Waals surface area contributed by atoms with Gasteiger partial charge in [0.15, 0.2) is 0 Å². The SMILES string of the molecule is O=S(=O)(Nc1ccc2ccccc2c1)c1ccc(N2CCNCC2)c2ccccc12. The second kappa shape index (κ2) is 7.63. The van der Waals surface area contributed by atoms with Crippen molar-refractivity contribution < 1.29 is 8.42 Å². The number of rotatable bonds is 4. The molecule has 1 heterocycles. The average Bonchev–Trinajstić information content (AvgIpc) is 2.78. The summed E-state index contributed by atoms with van der Waals surface area (Å²) in [6.07, 6.45) is 0. The third-order valence-corrected chi connectivity index (χ3v) is 7.05. The lowest BCUT2D eigenvalue weighted by atomic mass is 10.1. The average molecular weight is 418 g/mol. The number of anilines is 2. The zero-order chi connectivity index (χ0) is 20.6. The molecule has 0 spiro atoms. The predicted molar refractivity (Wildman–Crippen MR) is 124 cm³/mol. The fourth-order valence-corrected chi connectivity index (χ4v) is 5.40. The first-order valence-electron chi connectivity index (χ1n) is 10.1. The second-order valence-electron chi connectivity index (χ2n) is 7.53. The number of fused-ring (bicyclic) bond motifs is 2. The van der Waals surface area contributed by atoms with Crippen LogP contribution in [0.25, 0.3) is 21.5 Å². The summed E-state index contributed by atoms with van der Waals surface area (Å²) >= 11 is 0. The molecule has 0 saturated carbocycles. The molecular weight excluding hydrogens is 394 g/mol. The molecule has 0 radical (unpaired) electrons. The Morgan fingerprint density at radius 2 is 1.47 bits per heavy atom. The second-order valence-corrected chi connectivity index (χ2v) is 9.18. The number of piperazine rings is 1. The first kappa shape index (κ1) is 18.9. The quantitative estimate of drug-likeness (QED) is 0.522. The van der Waals surface area contributed by atoms with Crippen molar-refractivity contribution in [1.82, 2.24) is 5.32 Å². The van der Waals surface area contributed by atoms with E-state index in [-0.39, 0.29) is 0 Å². The van der Waals surface area contributed by atoms with Gasteiger partial charge in [-0.1, -0.05) is 54.6 Å². The molecule has 30 heavy (non-hydrogen) atoms. The van der Waals surface area contributed by atoms with Crippen LogP contribution in [0.4, 0.5) is 11.4 Å². The molecular formula is C24H23N3O2S.